The van der Waals surface area contributed by atoms with E-state index in [1.54, 1.807) is 0 Å². The smallest absolute Gasteiger partial charge is 0.0628 e. The van der Waals surface area contributed by atoms with Gasteiger partial charge in [0.05, 0.1) is 6.07 Å². The summed E-state index contributed by atoms with van der Waals surface area (Å²) in [5.74, 6) is 0. The van der Waals surface area contributed by atoms with Crippen molar-refractivity contribution in [2.75, 3.05) is 6.54 Å². The van der Waals surface area contributed by atoms with Gasteiger partial charge in [-0.05, 0) is 37.9 Å². The van der Waals surface area contributed by atoms with E-state index in [1.807, 2.05) is 0 Å². The van der Waals surface area contributed by atoms with E-state index in [9.17, 15) is 0 Å². The van der Waals surface area contributed by atoms with Gasteiger partial charge in [-0.2, -0.15) is 5.26 Å². The fourth-order valence-corrected chi connectivity index (χ4v) is 2.08. The fourth-order valence-electron chi connectivity index (χ4n) is 2.08. The largest absolute Gasteiger partial charge is 0.351 e. The molecule has 0 radical (unpaired) electrons. The number of nitrogens with two attached hydrogens (primary N) is 1. The Morgan fingerprint density at radius 1 is 1.53 bits per heavy atom. The van der Waals surface area contributed by atoms with E-state index in [1.165, 1.54) is 18.5 Å². The molecule has 2 N–H and O–H groups in total. The monoisotopic (exact) mass is 203 g/mol. The zero-order valence-electron chi connectivity index (χ0n) is 8.95. The van der Waals surface area contributed by atoms with Crippen LogP contribution >= 0.6 is 0 Å². The first kappa shape index (κ1) is 10.3. The third kappa shape index (κ3) is 2.21. The van der Waals surface area contributed by atoms with E-state index in [0.717, 1.165) is 13.0 Å². The zero-order chi connectivity index (χ0) is 10.7. The van der Waals surface area contributed by atoms with Crippen LogP contribution in [0.5, 0.6) is 0 Å². The van der Waals surface area contributed by atoms with Crippen molar-refractivity contribution < 1.29 is 0 Å². The highest BCUT2D eigenvalue weighted by atomic mass is 15.0. The molecule has 1 aliphatic carbocycles. The van der Waals surface area contributed by atoms with Gasteiger partial charge < -0.3 is 10.3 Å². The molecule has 1 aromatic heterocycles. The minimum atomic E-state index is 0.275. The summed E-state index contributed by atoms with van der Waals surface area (Å²) in [6, 6.07) is 6.48. The molecule has 1 aromatic rings. The van der Waals surface area contributed by atoms with Gasteiger partial charge in [-0.15, -0.1) is 0 Å². The van der Waals surface area contributed by atoms with Crippen LogP contribution in [0.15, 0.2) is 18.3 Å². The SMILES string of the molecule is N#CCC1(Cn2cccc2CCN)CC1. The third-order valence-electron chi connectivity index (χ3n) is 3.24. The van der Waals surface area contributed by atoms with Crippen molar-refractivity contribution in [1.29, 1.82) is 5.26 Å². The van der Waals surface area contributed by atoms with Crippen LogP contribution in [0.25, 0.3) is 0 Å². The molecule has 15 heavy (non-hydrogen) atoms. The molecule has 0 atom stereocenters. The molecule has 0 spiro atoms. The van der Waals surface area contributed by atoms with Gasteiger partial charge in [0.1, 0.15) is 0 Å². The number of hydrogen-bond acceptors (Lipinski definition) is 2. The van der Waals surface area contributed by atoms with Crippen LogP contribution in [-0.2, 0) is 13.0 Å². The van der Waals surface area contributed by atoms with Crippen molar-refractivity contribution in [3.05, 3.63) is 24.0 Å². The molecule has 1 heterocycles. The number of nitrogens with zero attached hydrogens (tertiary/aromatic N) is 2. The minimum Gasteiger partial charge on any atom is -0.351 e. The lowest BCUT2D eigenvalue weighted by Crippen LogP contribution is -2.14. The van der Waals surface area contributed by atoms with Crippen LogP contribution in [0.4, 0.5) is 0 Å². The highest BCUT2D eigenvalue weighted by molar-refractivity contribution is 5.10. The first-order chi connectivity index (χ1) is 7.29. The molecule has 80 valence electrons. The van der Waals surface area contributed by atoms with Gasteiger partial charge in [0, 0.05) is 30.3 Å². The van der Waals surface area contributed by atoms with Gasteiger partial charge >= 0.3 is 0 Å². The summed E-state index contributed by atoms with van der Waals surface area (Å²) in [6.45, 7) is 1.68. The molecule has 0 aliphatic heterocycles. The summed E-state index contributed by atoms with van der Waals surface area (Å²) in [5.41, 5.74) is 7.13. The van der Waals surface area contributed by atoms with Crippen molar-refractivity contribution in [3.63, 3.8) is 0 Å². The van der Waals surface area contributed by atoms with Gasteiger partial charge in [-0.3, -0.25) is 0 Å². The van der Waals surface area contributed by atoms with Crippen molar-refractivity contribution >= 4 is 0 Å². The van der Waals surface area contributed by atoms with E-state index < -0.39 is 0 Å². The lowest BCUT2D eigenvalue weighted by molar-refractivity contribution is 0.424. The van der Waals surface area contributed by atoms with Crippen LogP contribution in [0.2, 0.25) is 0 Å². The van der Waals surface area contributed by atoms with Crippen molar-refractivity contribution in [2.45, 2.75) is 32.2 Å². The van der Waals surface area contributed by atoms with E-state index in [2.05, 4.69) is 29.0 Å². The number of aromatic nitrogens is 1. The molecule has 1 aliphatic rings. The van der Waals surface area contributed by atoms with Gasteiger partial charge in [-0.25, -0.2) is 0 Å². The quantitative estimate of drug-likeness (QED) is 0.791. The Kier molecular flexibility index (Phi) is 2.79. The lowest BCUT2D eigenvalue weighted by Gasteiger charge is -2.15. The summed E-state index contributed by atoms with van der Waals surface area (Å²) < 4.78 is 2.26. The molecule has 1 fully saturated rings. The Labute approximate surface area is 90.5 Å². The second-order valence-corrected chi connectivity index (χ2v) is 4.50. The maximum atomic E-state index is 8.76. The topological polar surface area (TPSA) is 54.7 Å². The Hall–Kier alpha value is -1.27. The average molecular weight is 203 g/mol. The molecule has 1 saturated carbocycles. The van der Waals surface area contributed by atoms with Crippen LogP contribution in [0.1, 0.15) is 25.0 Å². The Bertz CT molecular complexity index is 368. The number of hydrogen-bond donors (Lipinski definition) is 1. The Balaban J connectivity index is 2.04. The summed E-state index contributed by atoms with van der Waals surface area (Å²) in [4.78, 5) is 0. The van der Waals surface area contributed by atoms with E-state index in [4.69, 9.17) is 11.0 Å². The van der Waals surface area contributed by atoms with E-state index >= 15 is 0 Å². The van der Waals surface area contributed by atoms with Gasteiger partial charge in [0.2, 0.25) is 0 Å². The van der Waals surface area contributed by atoms with Gasteiger partial charge in [0.15, 0.2) is 0 Å². The van der Waals surface area contributed by atoms with Gasteiger partial charge in [-0.1, -0.05) is 0 Å². The van der Waals surface area contributed by atoms with Gasteiger partial charge in [0.25, 0.3) is 0 Å². The normalized spacial score (nSPS) is 17.3. The molecule has 3 nitrogen and oxygen atoms in total. The third-order valence-corrected chi connectivity index (χ3v) is 3.24. The zero-order valence-corrected chi connectivity index (χ0v) is 8.95. The molecule has 0 unspecified atom stereocenters. The number of rotatable bonds is 5. The molecule has 2 rings (SSSR count). The second kappa shape index (κ2) is 4.08. The highest BCUT2D eigenvalue weighted by Crippen LogP contribution is 2.50. The van der Waals surface area contributed by atoms with Crippen molar-refractivity contribution in [2.24, 2.45) is 11.1 Å². The van der Waals surface area contributed by atoms with Crippen LogP contribution in [0.3, 0.4) is 0 Å². The molecular formula is C12H17N3. The maximum Gasteiger partial charge on any atom is 0.0628 e. The molecule has 3 heteroatoms. The fraction of sp³-hybridized carbons (Fsp3) is 0.583. The van der Waals surface area contributed by atoms with E-state index in [0.29, 0.717) is 13.0 Å². The molecular weight excluding hydrogens is 186 g/mol. The highest BCUT2D eigenvalue weighted by Gasteiger charge is 2.42. The van der Waals surface area contributed by atoms with Crippen LogP contribution in [-0.4, -0.2) is 11.1 Å². The predicted molar refractivity (Wildman–Crippen MR) is 59.1 cm³/mol. The molecule has 0 amide bonds. The summed E-state index contributed by atoms with van der Waals surface area (Å²) >= 11 is 0. The standard InChI is InChI=1S/C12H17N3/c13-7-3-11-2-1-9-15(11)10-12(4-5-12)6-8-14/h1-2,9H,3-7,10,13H2. The summed E-state index contributed by atoms with van der Waals surface area (Å²) in [5, 5.41) is 8.76. The summed E-state index contributed by atoms with van der Waals surface area (Å²) in [7, 11) is 0. The average Bonchev–Trinajstić information content (AvgIpc) is 2.83. The predicted octanol–water partition coefficient (Wildman–Crippen LogP) is 1.68. The first-order valence-electron chi connectivity index (χ1n) is 5.51. The Morgan fingerprint density at radius 3 is 2.93 bits per heavy atom. The molecule has 0 saturated heterocycles. The lowest BCUT2D eigenvalue weighted by atomic mass is 10.0. The van der Waals surface area contributed by atoms with Crippen LogP contribution < -0.4 is 5.73 Å². The van der Waals surface area contributed by atoms with E-state index in [-0.39, 0.29) is 5.41 Å². The minimum absolute atomic E-state index is 0.275. The summed E-state index contributed by atoms with van der Waals surface area (Å²) in [6.07, 6.45) is 6.10. The molecule has 0 bridgehead atoms. The van der Waals surface area contributed by atoms with Crippen LogP contribution in [0, 0.1) is 16.7 Å². The maximum absolute atomic E-state index is 8.76. The Morgan fingerprint density at radius 2 is 2.33 bits per heavy atom. The van der Waals surface area contributed by atoms with Crippen molar-refractivity contribution in [1.82, 2.24) is 4.57 Å². The molecule has 0 aromatic carbocycles. The second-order valence-electron chi connectivity index (χ2n) is 4.50. The first-order valence-corrected chi connectivity index (χ1v) is 5.51. The number of nitriles is 1. The van der Waals surface area contributed by atoms with Crippen molar-refractivity contribution in [3.8, 4) is 6.07 Å².